The van der Waals surface area contributed by atoms with E-state index in [9.17, 15) is 9.59 Å². The molecule has 0 radical (unpaired) electrons. The summed E-state index contributed by atoms with van der Waals surface area (Å²) in [6.45, 7) is 2.21. The molecule has 0 unspecified atom stereocenters. The highest BCUT2D eigenvalue weighted by Crippen LogP contribution is 2.27. The maximum atomic E-state index is 13.2. The molecule has 8 heteroatoms. The van der Waals surface area contributed by atoms with Crippen molar-refractivity contribution in [3.05, 3.63) is 82.6 Å². The van der Waals surface area contributed by atoms with Crippen molar-refractivity contribution >= 4 is 44.9 Å². The normalized spacial score (nSPS) is 13.3. The number of benzene rings is 2. The minimum absolute atomic E-state index is 0.185. The van der Waals surface area contributed by atoms with Crippen molar-refractivity contribution in [1.82, 2.24) is 10.3 Å². The number of hydrogen-bond donors (Lipinski definition) is 3. The molecule has 1 aromatic heterocycles. The molecule has 2 heterocycles. The second-order valence-corrected chi connectivity index (χ2v) is 8.83. The van der Waals surface area contributed by atoms with E-state index in [0.29, 0.717) is 23.5 Å². The third-order valence-corrected chi connectivity index (χ3v) is 5.95. The largest absolute Gasteiger partial charge is 0.371 e. The number of urea groups is 1. The lowest BCUT2D eigenvalue weighted by Crippen LogP contribution is -2.33. The first-order valence-corrected chi connectivity index (χ1v) is 11.8. The quantitative estimate of drug-likeness (QED) is 0.416. The Morgan fingerprint density at radius 2 is 1.73 bits per heavy atom. The summed E-state index contributed by atoms with van der Waals surface area (Å²) < 4.78 is 0.874. The van der Waals surface area contributed by atoms with Gasteiger partial charge in [0.2, 0.25) is 0 Å². The van der Waals surface area contributed by atoms with Crippen LogP contribution in [0.2, 0.25) is 0 Å². The number of halogens is 1. The highest BCUT2D eigenvalue weighted by atomic mass is 79.9. The number of pyridine rings is 1. The second-order valence-electron chi connectivity index (χ2n) is 7.91. The second kappa shape index (κ2) is 11.0. The van der Waals surface area contributed by atoms with Crippen LogP contribution in [-0.2, 0) is 6.54 Å². The van der Waals surface area contributed by atoms with Crippen LogP contribution in [0.15, 0.2) is 71.5 Å². The van der Waals surface area contributed by atoms with Crippen molar-refractivity contribution < 1.29 is 9.59 Å². The molecule has 0 saturated carbocycles. The Bertz CT molecular complexity index is 1120. The summed E-state index contributed by atoms with van der Waals surface area (Å²) in [6.07, 6.45) is 6.84. The molecule has 0 atom stereocenters. The zero-order valence-electron chi connectivity index (χ0n) is 18.2. The fourth-order valence-corrected chi connectivity index (χ4v) is 4.25. The summed E-state index contributed by atoms with van der Waals surface area (Å²) in [7, 11) is 0. The number of amides is 3. The van der Waals surface area contributed by atoms with Gasteiger partial charge < -0.3 is 20.9 Å². The maximum Gasteiger partial charge on any atom is 0.323 e. The molecule has 0 aliphatic carbocycles. The minimum Gasteiger partial charge on any atom is -0.371 e. The van der Waals surface area contributed by atoms with Gasteiger partial charge in [-0.15, -0.1) is 0 Å². The van der Waals surface area contributed by atoms with E-state index >= 15 is 0 Å². The Morgan fingerprint density at radius 3 is 2.45 bits per heavy atom. The number of piperidine rings is 1. The topological polar surface area (TPSA) is 86.4 Å². The van der Waals surface area contributed by atoms with E-state index in [0.717, 1.165) is 41.7 Å². The molecule has 170 valence electrons. The molecular weight excluding hydrogens is 482 g/mol. The van der Waals surface area contributed by atoms with Crippen LogP contribution in [0.4, 0.5) is 21.9 Å². The molecule has 4 rings (SSSR count). The number of carbonyl (C=O) groups excluding carboxylic acids is 2. The van der Waals surface area contributed by atoms with E-state index in [-0.39, 0.29) is 11.9 Å². The highest BCUT2D eigenvalue weighted by Gasteiger charge is 2.20. The van der Waals surface area contributed by atoms with Crippen LogP contribution in [-0.4, -0.2) is 30.0 Å². The van der Waals surface area contributed by atoms with Crippen molar-refractivity contribution in [2.45, 2.75) is 25.8 Å². The highest BCUT2D eigenvalue weighted by molar-refractivity contribution is 9.10. The molecule has 1 aliphatic rings. The van der Waals surface area contributed by atoms with E-state index in [2.05, 4.69) is 41.8 Å². The first kappa shape index (κ1) is 22.8. The first-order valence-electron chi connectivity index (χ1n) is 11.0. The molecule has 3 N–H and O–H groups in total. The average Bonchev–Trinajstić information content (AvgIpc) is 2.83. The third-order valence-electron chi connectivity index (χ3n) is 5.45. The zero-order valence-corrected chi connectivity index (χ0v) is 19.8. The van der Waals surface area contributed by atoms with Gasteiger partial charge in [-0.1, -0.05) is 28.1 Å². The Hall–Kier alpha value is -3.39. The molecule has 3 amide bonds. The van der Waals surface area contributed by atoms with Crippen LogP contribution in [0.1, 0.15) is 35.2 Å². The number of hydrogen-bond acceptors (Lipinski definition) is 4. The maximum absolute atomic E-state index is 13.2. The van der Waals surface area contributed by atoms with Crippen LogP contribution in [0, 0.1) is 0 Å². The molecule has 1 aliphatic heterocycles. The summed E-state index contributed by atoms with van der Waals surface area (Å²) in [4.78, 5) is 32.0. The summed E-state index contributed by atoms with van der Waals surface area (Å²) in [6, 6.07) is 16.2. The van der Waals surface area contributed by atoms with Crippen molar-refractivity contribution in [3.8, 4) is 0 Å². The number of nitrogens with one attached hydrogen (secondary N) is 3. The van der Waals surface area contributed by atoms with Gasteiger partial charge in [-0.2, -0.15) is 0 Å². The van der Waals surface area contributed by atoms with Crippen molar-refractivity contribution in [2.75, 3.05) is 28.6 Å². The lowest BCUT2D eigenvalue weighted by molar-refractivity contribution is 0.0951. The lowest BCUT2D eigenvalue weighted by atomic mass is 10.1. The van der Waals surface area contributed by atoms with Gasteiger partial charge in [-0.05, 0) is 67.3 Å². The van der Waals surface area contributed by atoms with E-state index in [1.807, 2.05) is 42.5 Å². The molecule has 1 saturated heterocycles. The van der Waals surface area contributed by atoms with Gasteiger partial charge in [0.15, 0.2) is 0 Å². The van der Waals surface area contributed by atoms with Gasteiger partial charge in [-0.3, -0.25) is 9.78 Å². The standard InChI is InChI=1S/C25H26BrN5O2/c26-19-7-4-8-20(14-19)29-25(33)30-21-9-10-23(31-12-2-1-3-13-31)22(15-21)24(32)28-17-18-6-5-11-27-16-18/h4-11,14-16H,1-3,12-13,17H2,(H,28,32)(H2,29,30,33). The number of aromatic nitrogens is 1. The van der Waals surface area contributed by atoms with Crippen molar-refractivity contribution in [2.24, 2.45) is 0 Å². The SMILES string of the molecule is O=C(Nc1cccc(Br)c1)Nc1ccc(N2CCCCC2)c(C(=O)NCc2cccnc2)c1. The molecular formula is C25H26BrN5O2. The molecule has 0 spiro atoms. The van der Waals surface area contributed by atoms with Crippen molar-refractivity contribution in [1.29, 1.82) is 0 Å². The van der Waals surface area contributed by atoms with E-state index < -0.39 is 0 Å². The van der Waals surface area contributed by atoms with Crippen LogP contribution in [0.25, 0.3) is 0 Å². The predicted molar refractivity (Wildman–Crippen MR) is 135 cm³/mol. The molecule has 33 heavy (non-hydrogen) atoms. The molecule has 0 bridgehead atoms. The van der Waals surface area contributed by atoms with Gasteiger partial charge in [-0.25, -0.2) is 4.79 Å². The minimum atomic E-state index is -0.374. The van der Waals surface area contributed by atoms with Crippen LogP contribution >= 0.6 is 15.9 Å². The summed E-state index contributed by atoms with van der Waals surface area (Å²) in [5.41, 5.74) is 3.57. The summed E-state index contributed by atoms with van der Waals surface area (Å²) >= 11 is 3.40. The van der Waals surface area contributed by atoms with Crippen molar-refractivity contribution in [3.63, 3.8) is 0 Å². The van der Waals surface area contributed by atoms with Gasteiger partial charge in [0.1, 0.15) is 0 Å². The molecule has 3 aromatic rings. The van der Waals surface area contributed by atoms with Gasteiger partial charge in [0.25, 0.3) is 5.91 Å². The number of anilines is 3. The van der Waals surface area contributed by atoms with Crippen LogP contribution in [0.3, 0.4) is 0 Å². The first-order chi connectivity index (χ1) is 16.1. The monoisotopic (exact) mass is 507 g/mol. The average molecular weight is 508 g/mol. The summed E-state index contributed by atoms with van der Waals surface area (Å²) in [5.74, 6) is -0.185. The Kier molecular flexibility index (Phi) is 7.57. The van der Waals surface area contributed by atoms with Gasteiger partial charge in [0.05, 0.1) is 5.56 Å². The Morgan fingerprint density at radius 1 is 0.939 bits per heavy atom. The zero-order chi connectivity index (χ0) is 23.0. The molecule has 7 nitrogen and oxygen atoms in total. The number of rotatable bonds is 6. The van der Waals surface area contributed by atoms with Crippen LogP contribution < -0.4 is 20.9 Å². The Labute approximate surface area is 201 Å². The van der Waals surface area contributed by atoms with Crippen LogP contribution in [0.5, 0.6) is 0 Å². The fourth-order valence-electron chi connectivity index (χ4n) is 3.85. The smallest absolute Gasteiger partial charge is 0.323 e. The predicted octanol–water partition coefficient (Wildman–Crippen LogP) is 5.41. The molecule has 1 fully saturated rings. The lowest BCUT2D eigenvalue weighted by Gasteiger charge is -2.30. The summed E-state index contributed by atoms with van der Waals surface area (Å²) in [5, 5.41) is 8.62. The third kappa shape index (κ3) is 6.32. The number of nitrogens with zero attached hydrogens (tertiary/aromatic N) is 2. The Balaban J connectivity index is 1.51. The van der Waals surface area contributed by atoms with E-state index in [1.165, 1.54) is 6.42 Å². The fraction of sp³-hybridized carbons (Fsp3) is 0.240. The van der Waals surface area contributed by atoms with Gasteiger partial charge in [0, 0.05) is 53.6 Å². The van der Waals surface area contributed by atoms with E-state index in [4.69, 9.17) is 0 Å². The number of carbonyl (C=O) groups is 2. The van der Waals surface area contributed by atoms with E-state index in [1.54, 1.807) is 24.5 Å². The molecule has 2 aromatic carbocycles. The van der Waals surface area contributed by atoms with Gasteiger partial charge >= 0.3 is 6.03 Å².